The van der Waals surface area contributed by atoms with E-state index < -0.39 is 11.4 Å². The fourth-order valence-electron chi connectivity index (χ4n) is 2.80. The van der Waals surface area contributed by atoms with Crippen LogP contribution in [-0.2, 0) is 4.79 Å². The van der Waals surface area contributed by atoms with Crippen LogP contribution in [0.15, 0.2) is 17.5 Å². The van der Waals surface area contributed by atoms with Crippen LogP contribution in [-0.4, -0.2) is 35.1 Å². The summed E-state index contributed by atoms with van der Waals surface area (Å²) >= 11 is 1.60. The van der Waals surface area contributed by atoms with Gasteiger partial charge in [-0.25, -0.2) is 4.79 Å². The summed E-state index contributed by atoms with van der Waals surface area (Å²) < 4.78 is 0. The lowest BCUT2D eigenvalue weighted by Crippen LogP contribution is -2.52. The Hall–Kier alpha value is -1.56. The summed E-state index contributed by atoms with van der Waals surface area (Å²) in [6.45, 7) is 4.74. The first-order valence-corrected chi connectivity index (χ1v) is 8.19. The van der Waals surface area contributed by atoms with Gasteiger partial charge in [-0.2, -0.15) is 0 Å². The summed E-state index contributed by atoms with van der Waals surface area (Å²) in [5, 5.41) is 14.4. The molecule has 0 aromatic carbocycles. The largest absolute Gasteiger partial charge is 0.481 e. The van der Waals surface area contributed by atoms with Gasteiger partial charge in [0.15, 0.2) is 0 Å². The zero-order chi connectivity index (χ0) is 15.5. The molecule has 1 fully saturated rings. The number of urea groups is 1. The second-order valence-electron chi connectivity index (χ2n) is 5.65. The van der Waals surface area contributed by atoms with E-state index in [2.05, 4.69) is 5.32 Å². The van der Waals surface area contributed by atoms with E-state index in [1.165, 1.54) is 0 Å². The number of piperidine rings is 1. The van der Waals surface area contributed by atoms with Crippen molar-refractivity contribution < 1.29 is 14.7 Å². The van der Waals surface area contributed by atoms with Crippen molar-refractivity contribution in [2.45, 2.75) is 39.2 Å². The predicted molar refractivity (Wildman–Crippen MR) is 82.4 cm³/mol. The van der Waals surface area contributed by atoms with E-state index in [-0.39, 0.29) is 12.1 Å². The van der Waals surface area contributed by atoms with Gasteiger partial charge in [-0.05, 0) is 37.6 Å². The van der Waals surface area contributed by atoms with E-state index in [0.717, 1.165) is 11.3 Å². The van der Waals surface area contributed by atoms with E-state index in [4.69, 9.17) is 0 Å². The number of thiophene rings is 1. The number of hydrogen-bond donors (Lipinski definition) is 2. The number of carbonyl (C=O) groups excluding carboxylic acids is 1. The van der Waals surface area contributed by atoms with Gasteiger partial charge in [0.1, 0.15) is 0 Å². The first-order valence-electron chi connectivity index (χ1n) is 7.31. The third-order valence-electron chi connectivity index (χ3n) is 4.30. The Morgan fingerprint density at radius 2 is 2.33 bits per heavy atom. The lowest BCUT2D eigenvalue weighted by Gasteiger charge is -2.39. The Morgan fingerprint density at radius 3 is 2.90 bits per heavy atom. The van der Waals surface area contributed by atoms with Gasteiger partial charge < -0.3 is 15.3 Å². The molecule has 0 spiro atoms. The maximum atomic E-state index is 12.4. The van der Waals surface area contributed by atoms with Crippen molar-refractivity contribution >= 4 is 23.3 Å². The highest BCUT2D eigenvalue weighted by molar-refractivity contribution is 7.10. The number of nitrogens with one attached hydrogen (secondary N) is 1. The number of amides is 2. The van der Waals surface area contributed by atoms with Crippen molar-refractivity contribution in [3.63, 3.8) is 0 Å². The van der Waals surface area contributed by atoms with Crippen molar-refractivity contribution in [1.82, 2.24) is 10.2 Å². The lowest BCUT2D eigenvalue weighted by atomic mass is 9.78. The highest BCUT2D eigenvalue weighted by Crippen LogP contribution is 2.33. The topological polar surface area (TPSA) is 69.6 Å². The summed E-state index contributed by atoms with van der Waals surface area (Å²) in [6, 6.07) is 3.71. The van der Waals surface area contributed by atoms with E-state index in [1.54, 1.807) is 16.2 Å². The Balaban J connectivity index is 2.01. The highest BCUT2D eigenvalue weighted by atomic mass is 32.1. The average molecular weight is 310 g/mol. The Morgan fingerprint density at radius 1 is 1.57 bits per heavy atom. The standard InChI is InChI=1S/C15H22N2O3S/c1-3-15(13(18)19)7-5-8-17(10-15)14(20)16-11(2)12-6-4-9-21-12/h4,6,9,11H,3,5,7-8,10H2,1-2H3,(H,16,20)(H,18,19). The van der Waals surface area contributed by atoms with Crippen molar-refractivity contribution in [2.75, 3.05) is 13.1 Å². The van der Waals surface area contributed by atoms with Crippen LogP contribution in [0, 0.1) is 5.41 Å². The first kappa shape index (κ1) is 15.8. The number of nitrogens with zero attached hydrogens (tertiary/aromatic N) is 1. The molecule has 21 heavy (non-hydrogen) atoms. The lowest BCUT2D eigenvalue weighted by molar-refractivity contribution is -0.152. The van der Waals surface area contributed by atoms with E-state index >= 15 is 0 Å². The van der Waals surface area contributed by atoms with Gasteiger partial charge in [-0.3, -0.25) is 4.79 Å². The SMILES string of the molecule is CCC1(C(=O)O)CCCN(C(=O)NC(C)c2cccs2)C1. The molecule has 1 aliphatic rings. The van der Waals surface area contributed by atoms with Crippen LogP contribution in [0.1, 0.15) is 44.0 Å². The number of likely N-dealkylation sites (tertiary alicyclic amines) is 1. The Bertz CT molecular complexity index is 503. The second-order valence-corrected chi connectivity index (χ2v) is 6.63. The van der Waals surface area contributed by atoms with Gasteiger partial charge in [0.2, 0.25) is 0 Å². The summed E-state index contributed by atoms with van der Waals surface area (Å²) in [6.07, 6.45) is 1.93. The number of carboxylic acid groups (broad SMARTS) is 1. The molecule has 0 radical (unpaired) electrons. The van der Waals surface area contributed by atoms with Crippen molar-refractivity contribution in [3.8, 4) is 0 Å². The zero-order valence-corrected chi connectivity index (χ0v) is 13.3. The van der Waals surface area contributed by atoms with Crippen molar-refractivity contribution in [1.29, 1.82) is 0 Å². The predicted octanol–water partition coefficient (Wildman–Crippen LogP) is 3.10. The molecule has 0 aliphatic carbocycles. The summed E-state index contributed by atoms with van der Waals surface area (Å²) in [7, 11) is 0. The first-order chi connectivity index (χ1) is 9.98. The third kappa shape index (κ3) is 3.37. The van der Waals surface area contributed by atoms with Gasteiger partial charge in [-0.1, -0.05) is 13.0 Å². The van der Waals surface area contributed by atoms with E-state index in [0.29, 0.717) is 25.9 Å². The molecule has 2 N–H and O–H groups in total. The minimum Gasteiger partial charge on any atom is -0.481 e. The molecule has 2 unspecified atom stereocenters. The third-order valence-corrected chi connectivity index (χ3v) is 5.36. The van der Waals surface area contributed by atoms with Crippen LogP contribution >= 0.6 is 11.3 Å². The molecular formula is C15H22N2O3S. The molecule has 2 amide bonds. The fraction of sp³-hybridized carbons (Fsp3) is 0.600. The molecule has 116 valence electrons. The van der Waals surface area contributed by atoms with E-state index in [9.17, 15) is 14.7 Å². The van der Waals surface area contributed by atoms with Crippen LogP contribution in [0.4, 0.5) is 4.79 Å². The minimum atomic E-state index is -0.797. The zero-order valence-electron chi connectivity index (χ0n) is 12.5. The maximum absolute atomic E-state index is 12.4. The fourth-order valence-corrected chi connectivity index (χ4v) is 3.54. The van der Waals surface area contributed by atoms with Crippen LogP contribution < -0.4 is 5.32 Å². The van der Waals surface area contributed by atoms with Crippen molar-refractivity contribution in [2.24, 2.45) is 5.41 Å². The molecule has 2 heterocycles. The second kappa shape index (κ2) is 6.47. The van der Waals surface area contributed by atoms with Crippen molar-refractivity contribution in [3.05, 3.63) is 22.4 Å². The quantitative estimate of drug-likeness (QED) is 0.898. The molecule has 6 heteroatoms. The number of carbonyl (C=O) groups is 2. The molecule has 1 aromatic heterocycles. The Kier molecular flexibility index (Phi) is 4.88. The van der Waals surface area contributed by atoms with Gasteiger partial charge in [0.05, 0.1) is 11.5 Å². The van der Waals surface area contributed by atoms with Crippen LogP contribution in [0.25, 0.3) is 0 Å². The molecule has 2 rings (SSSR count). The van der Waals surface area contributed by atoms with Gasteiger partial charge in [0, 0.05) is 18.0 Å². The molecule has 0 saturated carbocycles. The molecule has 1 saturated heterocycles. The van der Waals surface area contributed by atoms with Gasteiger partial charge in [-0.15, -0.1) is 11.3 Å². The number of hydrogen-bond acceptors (Lipinski definition) is 3. The van der Waals surface area contributed by atoms with Crippen LogP contribution in [0.3, 0.4) is 0 Å². The average Bonchev–Trinajstić information content (AvgIpc) is 3.01. The number of rotatable bonds is 4. The maximum Gasteiger partial charge on any atom is 0.317 e. The van der Waals surface area contributed by atoms with Crippen LogP contribution in [0.5, 0.6) is 0 Å². The van der Waals surface area contributed by atoms with Crippen LogP contribution in [0.2, 0.25) is 0 Å². The van der Waals surface area contributed by atoms with Gasteiger partial charge >= 0.3 is 12.0 Å². The number of carboxylic acids is 1. The molecule has 1 aromatic rings. The smallest absolute Gasteiger partial charge is 0.317 e. The van der Waals surface area contributed by atoms with E-state index in [1.807, 2.05) is 31.4 Å². The van der Waals surface area contributed by atoms with Gasteiger partial charge in [0.25, 0.3) is 0 Å². The molecule has 1 aliphatic heterocycles. The highest BCUT2D eigenvalue weighted by Gasteiger charge is 2.42. The molecule has 0 bridgehead atoms. The number of aliphatic carboxylic acids is 1. The molecule has 2 atom stereocenters. The molecular weight excluding hydrogens is 288 g/mol. The monoisotopic (exact) mass is 310 g/mol. The molecule has 5 nitrogen and oxygen atoms in total. The normalized spacial score (nSPS) is 23.6. The summed E-state index contributed by atoms with van der Waals surface area (Å²) in [4.78, 5) is 26.6. The Labute approximate surface area is 129 Å². The summed E-state index contributed by atoms with van der Waals surface area (Å²) in [5.74, 6) is -0.797. The minimum absolute atomic E-state index is 0.0553. The summed E-state index contributed by atoms with van der Waals surface area (Å²) in [5.41, 5.74) is -0.790.